The Morgan fingerprint density at radius 2 is 2.00 bits per heavy atom. The van der Waals surface area contributed by atoms with Gasteiger partial charge in [-0.1, -0.05) is 46.5 Å². The van der Waals surface area contributed by atoms with E-state index in [1.165, 1.54) is 0 Å². The molecule has 6 heteroatoms. The summed E-state index contributed by atoms with van der Waals surface area (Å²) in [6.07, 6.45) is 6.71. The number of nitrogens with one attached hydrogen (secondary N) is 2. The number of urea groups is 1. The van der Waals surface area contributed by atoms with Crippen LogP contribution in [0.15, 0.2) is 0 Å². The summed E-state index contributed by atoms with van der Waals surface area (Å²) < 4.78 is 0. The van der Waals surface area contributed by atoms with E-state index >= 15 is 0 Å². The van der Waals surface area contributed by atoms with Crippen LogP contribution in [0.3, 0.4) is 0 Å². The number of hydrogen-bond donors (Lipinski definition) is 2. The van der Waals surface area contributed by atoms with Crippen LogP contribution in [-0.2, 0) is 9.59 Å². The van der Waals surface area contributed by atoms with Gasteiger partial charge in [-0.05, 0) is 38.0 Å². The molecule has 3 atom stereocenters. The lowest BCUT2D eigenvalue weighted by Gasteiger charge is -2.36. The summed E-state index contributed by atoms with van der Waals surface area (Å²) in [5.74, 6) is 0.275. The molecule has 1 aliphatic carbocycles. The van der Waals surface area contributed by atoms with E-state index in [1.807, 2.05) is 13.8 Å². The largest absolute Gasteiger partial charge is 0.352 e. The van der Waals surface area contributed by atoms with Crippen LogP contribution < -0.4 is 10.6 Å². The van der Waals surface area contributed by atoms with Crippen LogP contribution in [0, 0.1) is 11.8 Å². The van der Waals surface area contributed by atoms with Gasteiger partial charge in [0.15, 0.2) is 0 Å². The van der Waals surface area contributed by atoms with Crippen molar-refractivity contribution < 1.29 is 14.4 Å². The normalized spacial score (nSPS) is 27.7. The van der Waals surface area contributed by atoms with E-state index in [4.69, 9.17) is 0 Å². The minimum absolute atomic E-state index is 0.0505. The van der Waals surface area contributed by atoms with Gasteiger partial charge in [0.2, 0.25) is 5.91 Å². The Balaban J connectivity index is 1.88. The molecular formula is C19H33N3O3. The van der Waals surface area contributed by atoms with Crippen molar-refractivity contribution in [2.75, 3.05) is 6.54 Å². The molecule has 2 rings (SSSR count). The van der Waals surface area contributed by atoms with Gasteiger partial charge in [-0.2, -0.15) is 0 Å². The van der Waals surface area contributed by atoms with Crippen molar-refractivity contribution in [1.82, 2.24) is 15.5 Å². The van der Waals surface area contributed by atoms with Crippen LogP contribution in [0.2, 0.25) is 0 Å². The molecule has 1 saturated carbocycles. The quantitative estimate of drug-likeness (QED) is 0.692. The van der Waals surface area contributed by atoms with Crippen molar-refractivity contribution in [3.8, 4) is 0 Å². The van der Waals surface area contributed by atoms with E-state index in [-0.39, 0.29) is 30.3 Å². The Hall–Kier alpha value is -1.59. The van der Waals surface area contributed by atoms with Crippen LogP contribution >= 0.6 is 0 Å². The number of carbonyl (C=O) groups excluding carboxylic acids is 3. The van der Waals surface area contributed by atoms with Crippen molar-refractivity contribution in [3.05, 3.63) is 0 Å². The van der Waals surface area contributed by atoms with E-state index in [2.05, 4.69) is 24.5 Å². The highest BCUT2D eigenvalue weighted by atomic mass is 16.2. The molecule has 1 saturated heterocycles. The third-order valence-electron chi connectivity index (χ3n) is 5.63. The fourth-order valence-corrected chi connectivity index (χ4v) is 4.01. The van der Waals surface area contributed by atoms with Crippen molar-refractivity contribution in [2.24, 2.45) is 11.8 Å². The van der Waals surface area contributed by atoms with Gasteiger partial charge in [-0.15, -0.1) is 0 Å². The average molecular weight is 351 g/mol. The van der Waals surface area contributed by atoms with E-state index in [9.17, 15) is 14.4 Å². The molecule has 0 aromatic heterocycles. The number of hydrogen-bond acceptors (Lipinski definition) is 3. The predicted molar refractivity (Wildman–Crippen MR) is 96.9 cm³/mol. The van der Waals surface area contributed by atoms with Crippen LogP contribution in [0.5, 0.6) is 0 Å². The first-order chi connectivity index (χ1) is 11.8. The van der Waals surface area contributed by atoms with Crippen LogP contribution in [0.25, 0.3) is 0 Å². The molecule has 2 aliphatic rings. The molecule has 3 unspecified atom stereocenters. The number of nitrogens with zero attached hydrogens (tertiary/aromatic N) is 1. The third kappa shape index (κ3) is 4.53. The van der Waals surface area contributed by atoms with Gasteiger partial charge in [0.25, 0.3) is 5.91 Å². The van der Waals surface area contributed by atoms with Crippen molar-refractivity contribution in [2.45, 2.75) is 84.2 Å². The maximum Gasteiger partial charge on any atom is 0.325 e. The molecule has 2 fully saturated rings. The zero-order valence-corrected chi connectivity index (χ0v) is 16.1. The number of rotatable bonds is 7. The first-order valence-electron chi connectivity index (χ1n) is 9.69. The lowest BCUT2D eigenvalue weighted by atomic mass is 9.73. The van der Waals surface area contributed by atoms with E-state index in [0.717, 1.165) is 43.4 Å². The number of carbonyl (C=O) groups is 3. The Morgan fingerprint density at radius 3 is 2.64 bits per heavy atom. The molecule has 4 amide bonds. The second kappa shape index (κ2) is 8.19. The lowest BCUT2D eigenvalue weighted by molar-refractivity contribution is -0.137. The summed E-state index contributed by atoms with van der Waals surface area (Å²) in [5, 5.41) is 5.79. The summed E-state index contributed by atoms with van der Waals surface area (Å²) >= 11 is 0. The second-order valence-electron chi connectivity index (χ2n) is 8.23. The molecule has 0 bridgehead atoms. The molecule has 0 radical (unpaired) electrons. The molecule has 0 aromatic carbocycles. The highest BCUT2D eigenvalue weighted by Gasteiger charge is 2.55. The van der Waals surface area contributed by atoms with Gasteiger partial charge in [0.1, 0.15) is 12.1 Å². The van der Waals surface area contributed by atoms with Gasteiger partial charge in [0, 0.05) is 6.04 Å². The first-order valence-corrected chi connectivity index (χ1v) is 9.69. The summed E-state index contributed by atoms with van der Waals surface area (Å²) in [5.41, 5.74) is -0.793. The molecule has 1 heterocycles. The summed E-state index contributed by atoms with van der Waals surface area (Å²) in [7, 11) is 0. The van der Waals surface area contributed by atoms with Crippen LogP contribution in [-0.4, -0.2) is 40.9 Å². The Bertz CT molecular complexity index is 520. The number of amides is 4. The molecule has 6 nitrogen and oxygen atoms in total. The monoisotopic (exact) mass is 351 g/mol. The van der Waals surface area contributed by atoms with Gasteiger partial charge < -0.3 is 10.6 Å². The van der Waals surface area contributed by atoms with Crippen LogP contribution in [0.1, 0.15) is 72.6 Å². The highest BCUT2D eigenvalue weighted by Crippen LogP contribution is 2.38. The van der Waals surface area contributed by atoms with Crippen molar-refractivity contribution in [3.63, 3.8) is 0 Å². The molecule has 1 spiro atoms. The van der Waals surface area contributed by atoms with Gasteiger partial charge >= 0.3 is 6.03 Å². The first kappa shape index (κ1) is 19.7. The summed E-state index contributed by atoms with van der Waals surface area (Å²) in [4.78, 5) is 38.5. The summed E-state index contributed by atoms with van der Waals surface area (Å²) in [6.45, 7) is 8.16. The van der Waals surface area contributed by atoms with Gasteiger partial charge in [-0.25, -0.2) is 4.79 Å². The maximum atomic E-state index is 12.8. The Morgan fingerprint density at radius 1 is 1.28 bits per heavy atom. The van der Waals surface area contributed by atoms with Crippen molar-refractivity contribution in [1.29, 1.82) is 0 Å². The highest BCUT2D eigenvalue weighted by molar-refractivity contribution is 6.09. The molecule has 2 N–H and O–H groups in total. The number of imide groups is 1. The van der Waals surface area contributed by atoms with E-state index < -0.39 is 11.6 Å². The predicted octanol–water partition coefficient (Wildman–Crippen LogP) is 2.82. The van der Waals surface area contributed by atoms with E-state index in [1.54, 1.807) is 0 Å². The van der Waals surface area contributed by atoms with Gasteiger partial charge in [-0.3, -0.25) is 14.5 Å². The zero-order chi connectivity index (χ0) is 18.6. The fraction of sp³-hybridized carbons (Fsp3) is 0.842. The average Bonchev–Trinajstić information content (AvgIpc) is 2.75. The molecular weight excluding hydrogens is 318 g/mol. The SMILES string of the molecule is CC(C)CCCC(C)NC(=O)CN1C(=O)NC2(CCCCC2C)C1=O. The maximum absolute atomic E-state index is 12.8. The van der Waals surface area contributed by atoms with Crippen LogP contribution in [0.4, 0.5) is 4.79 Å². The molecule has 0 aromatic rings. The topological polar surface area (TPSA) is 78.5 Å². The standard InChI is InChI=1S/C19H33N3O3/c1-13(2)8-7-10-15(4)20-16(23)12-22-17(24)19(21-18(22)25)11-6-5-9-14(19)3/h13-15H,5-12H2,1-4H3,(H,20,23)(H,21,25). The van der Waals surface area contributed by atoms with E-state index in [0.29, 0.717) is 12.3 Å². The summed E-state index contributed by atoms with van der Waals surface area (Å²) in [6, 6.07) is -0.379. The third-order valence-corrected chi connectivity index (χ3v) is 5.63. The minimum atomic E-state index is -0.793. The Kier molecular flexibility index (Phi) is 6.47. The zero-order valence-electron chi connectivity index (χ0n) is 16.1. The molecule has 142 valence electrons. The van der Waals surface area contributed by atoms with Gasteiger partial charge in [0.05, 0.1) is 0 Å². The molecule has 1 aliphatic heterocycles. The second-order valence-corrected chi connectivity index (χ2v) is 8.23. The van der Waals surface area contributed by atoms with Crippen molar-refractivity contribution >= 4 is 17.8 Å². The molecule has 25 heavy (non-hydrogen) atoms. The fourth-order valence-electron chi connectivity index (χ4n) is 4.01. The smallest absolute Gasteiger partial charge is 0.325 e. The minimum Gasteiger partial charge on any atom is -0.352 e. The lowest BCUT2D eigenvalue weighted by Crippen LogP contribution is -2.54. The Labute approximate surface area is 151 Å².